The van der Waals surface area contributed by atoms with Crippen LogP contribution in [-0.4, -0.2) is 17.0 Å². The second kappa shape index (κ2) is 4.86. The van der Waals surface area contributed by atoms with Gasteiger partial charge in [-0.05, 0) is 36.9 Å². The minimum atomic E-state index is 0.283. The molecule has 1 aromatic heterocycles. The van der Waals surface area contributed by atoms with E-state index >= 15 is 0 Å². The van der Waals surface area contributed by atoms with Crippen molar-refractivity contribution in [2.75, 3.05) is 7.05 Å². The van der Waals surface area contributed by atoms with Crippen LogP contribution in [0.15, 0.2) is 42.9 Å². The minimum absolute atomic E-state index is 0.283. The van der Waals surface area contributed by atoms with E-state index in [1.54, 1.807) is 12.4 Å². The lowest BCUT2D eigenvalue weighted by molar-refractivity contribution is 0.388. The Labute approximate surface area is 107 Å². The molecule has 1 atom stereocenters. The predicted octanol–water partition coefficient (Wildman–Crippen LogP) is 2.15. The number of aromatic nitrogens is 2. The maximum atomic E-state index is 4.43. The first-order valence-corrected chi connectivity index (χ1v) is 6.38. The summed E-state index contributed by atoms with van der Waals surface area (Å²) in [5, 5.41) is 3.39. The van der Waals surface area contributed by atoms with Crippen molar-refractivity contribution in [2.45, 2.75) is 18.9 Å². The van der Waals surface area contributed by atoms with Gasteiger partial charge < -0.3 is 5.32 Å². The van der Waals surface area contributed by atoms with E-state index in [2.05, 4.69) is 39.6 Å². The Morgan fingerprint density at radius 3 is 2.44 bits per heavy atom. The zero-order chi connectivity index (χ0) is 12.4. The molecule has 18 heavy (non-hydrogen) atoms. The number of hydrogen-bond donors (Lipinski definition) is 1. The molecule has 0 aliphatic heterocycles. The molecular weight excluding hydrogens is 222 g/mol. The van der Waals surface area contributed by atoms with Gasteiger partial charge in [0.25, 0.3) is 0 Å². The van der Waals surface area contributed by atoms with Crippen molar-refractivity contribution in [3.05, 3.63) is 59.7 Å². The van der Waals surface area contributed by atoms with E-state index < -0.39 is 0 Å². The van der Waals surface area contributed by atoms with Crippen LogP contribution >= 0.6 is 0 Å². The summed E-state index contributed by atoms with van der Waals surface area (Å²) >= 11 is 0. The number of rotatable bonds is 3. The van der Waals surface area contributed by atoms with Gasteiger partial charge in [-0.1, -0.05) is 24.3 Å². The van der Waals surface area contributed by atoms with E-state index in [0.29, 0.717) is 5.92 Å². The maximum Gasteiger partial charge on any atom is 0.0759 e. The first kappa shape index (κ1) is 11.4. The van der Waals surface area contributed by atoms with Crippen LogP contribution in [0.5, 0.6) is 0 Å². The molecule has 0 spiro atoms. The van der Waals surface area contributed by atoms with Gasteiger partial charge in [0, 0.05) is 18.6 Å². The topological polar surface area (TPSA) is 37.8 Å². The molecule has 0 bridgehead atoms. The third kappa shape index (κ3) is 2.02. The van der Waals surface area contributed by atoms with Crippen molar-refractivity contribution < 1.29 is 0 Å². The second-order valence-electron chi connectivity index (χ2n) is 4.83. The molecule has 3 heteroatoms. The summed E-state index contributed by atoms with van der Waals surface area (Å²) in [5.74, 6) is 0.573. The van der Waals surface area contributed by atoms with Gasteiger partial charge in [0.1, 0.15) is 0 Å². The molecule has 0 saturated heterocycles. The highest BCUT2D eigenvalue weighted by Crippen LogP contribution is 2.34. The normalized spacial score (nSPS) is 16.5. The Hall–Kier alpha value is -1.74. The van der Waals surface area contributed by atoms with Crippen LogP contribution in [0.4, 0.5) is 0 Å². The summed E-state index contributed by atoms with van der Waals surface area (Å²) in [5.41, 5.74) is 4.00. The molecule has 0 radical (unpaired) electrons. The quantitative estimate of drug-likeness (QED) is 0.892. The number of nitrogens with zero attached hydrogens (tertiary/aromatic N) is 2. The first-order chi connectivity index (χ1) is 8.88. The highest BCUT2D eigenvalue weighted by Gasteiger charge is 2.29. The molecule has 0 amide bonds. The average Bonchev–Trinajstić information content (AvgIpc) is 2.84. The molecule has 1 aromatic carbocycles. The molecule has 1 aliphatic rings. The Kier molecular flexibility index (Phi) is 3.07. The number of nitrogens with one attached hydrogen (secondary N) is 1. The molecule has 0 saturated carbocycles. The molecule has 1 heterocycles. The Morgan fingerprint density at radius 2 is 1.89 bits per heavy atom. The van der Waals surface area contributed by atoms with Crippen LogP contribution in [0, 0.1) is 5.92 Å². The summed E-state index contributed by atoms with van der Waals surface area (Å²) in [6, 6.07) is 9.00. The highest BCUT2D eigenvalue weighted by molar-refractivity contribution is 5.33. The van der Waals surface area contributed by atoms with Crippen molar-refractivity contribution in [1.82, 2.24) is 15.3 Å². The van der Waals surface area contributed by atoms with Gasteiger partial charge in [-0.2, -0.15) is 0 Å². The Bertz CT molecular complexity index is 499. The van der Waals surface area contributed by atoms with Crippen molar-refractivity contribution in [1.29, 1.82) is 0 Å². The SMILES string of the molecule is CNC(c1cnccn1)C1Cc2ccccc2C1. The molecule has 1 unspecified atom stereocenters. The summed E-state index contributed by atoms with van der Waals surface area (Å²) in [4.78, 5) is 8.60. The lowest BCUT2D eigenvalue weighted by Crippen LogP contribution is -2.26. The number of hydrogen-bond acceptors (Lipinski definition) is 3. The summed E-state index contributed by atoms with van der Waals surface area (Å²) in [6.45, 7) is 0. The fourth-order valence-electron chi connectivity index (χ4n) is 2.92. The maximum absolute atomic E-state index is 4.43. The summed E-state index contributed by atoms with van der Waals surface area (Å²) in [7, 11) is 2.00. The van der Waals surface area contributed by atoms with Gasteiger partial charge in [-0.15, -0.1) is 0 Å². The van der Waals surface area contributed by atoms with Crippen LogP contribution in [0.25, 0.3) is 0 Å². The monoisotopic (exact) mass is 239 g/mol. The van der Waals surface area contributed by atoms with E-state index in [4.69, 9.17) is 0 Å². The number of fused-ring (bicyclic) bond motifs is 1. The van der Waals surface area contributed by atoms with E-state index in [1.807, 2.05) is 13.2 Å². The fraction of sp³-hybridized carbons (Fsp3) is 0.333. The van der Waals surface area contributed by atoms with Crippen LogP contribution in [0.1, 0.15) is 22.9 Å². The van der Waals surface area contributed by atoms with Gasteiger partial charge in [0.2, 0.25) is 0 Å². The van der Waals surface area contributed by atoms with Crippen LogP contribution < -0.4 is 5.32 Å². The van der Waals surface area contributed by atoms with Crippen LogP contribution in [0.2, 0.25) is 0 Å². The lowest BCUT2D eigenvalue weighted by atomic mass is 9.94. The van der Waals surface area contributed by atoms with Crippen LogP contribution in [-0.2, 0) is 12.8 Å². The van der Waals surface area contributed by atoms with Crippen molar-refractivity contribution in [3.63, 3.8) is 0 Å². The Balaban J connectivity index is 1.84. The standard InChI is InChI=1S/C15H17N3/c1-16-15(14-10-17-6-7-18-14)13-8-11-4-2-3-5-12(11)9-13/h2-7,10,13,15-16H,8-9H2,1H3. The van der Waals surface area contributed by atoms with Gasteiger partial charge in [0.05, 0.1) is 11.7 Å². The molecule has 1 aliphatic carbocycles. The van der Waals surface area contributed by atoms with E-state index in [0.717, 1.165) is 18.5 Å². The predicted molar refractivity (Wildman–Crippen MR) is 71.2 cm³/mol. The fourth-order valence-corrected chi connectivity index (χ4v) is 2.92. The van der Waals surface area contributed by atoms with Gasteiger partial charge >= 0.3 is 0 Å². The average molecular weight is 239 g/mol. The molecule has 2 aromatic rings. The van der Waals surface area contributed by atoms with Gasteiger partial charge in [-0.3, -0.25) is 9.97 Å². The zero-order valence-electron chi connectivity index (χ0n) is 10.5. The van der Waals surface area contributed by atoms with Crippen molar-refractivity contribution in [2.24, 2.45) is 5.92 Å². The molecular formula is C15H17N3. The van der Waals surface area contributed by atoms with Crippen LogP contribution in [0.3, 0.4) is 0 Å². The molecule has 0 fully saturated rings. The van der Waals surface area contributed by atoms with E-state index in [1.165, 1.54) is 11.1 Å². The van der Waals surface area contributed by atoms with E-state index in [-0.39, 0.29) is 6.04 Å². The van der Waals surface area contributed by atoms with Gasteiger partial charge in [0.15, 0.2) is 0 Å². The summed E-state index contributed by atoms with van der Waals surface area (Å²) in [6.07, 6.45) is 7.60. The number of benzene rings is 1. The largest absolute Gasteiger partial charge is 0.311 e. The van der Waals surface area contributed by atoms with E-state index in [9.17, 15) is 0 Å². The van der Waals surface area contributed by atoms with Crippen molar-refractivity contribution in [3.8, 4) is 0 Å². The first-order valence-electron chi connectivity index (χ1n) is 6.38. The lowest BCUT2D eigenvalue weighted by Gasteiger charge is -2.21. The third-order valence-corrected chi connectivity index (χ3v) is 3.77. The zero-order valence-corrected chi connectivity index (χ0v) is 10.5. The highest BCUT2D eigenvalue weighted by atomic mass is 14.9. The smallest absolute Gasteiger partial charge is 0.0759 e. The molecule has 1 N–H and O–H groups in total. The van der Waals surface area contributed by atoms with Crippen molar-refractivity contribution >= 4 is 0 Å². The molecule has 3 nitrogen and oxygen atoms in total. The molecule has 3 rings (SSSR count). The Morgan fingerprint density at radius 1 is 1.17 bits per heavy atom. The van der Waals surface area contributed by atoms with Gasteiger partial charge in [-0.25, -0.2) is 0 Å². The third-order valence-electron chi connectivity index (χ3n) is 3.77. The second-order valence-corrected chi connectivity index (χ2v) is 4.83. The minimum Gasteiger partial charge on any atom is -0.311 e. The summed E-state index contributed by atoms with van der Waals surface area (Å²) < 4.78 is 0. The molecule has 92 valence electrons.